The zero-order valence-electron chi connectivity index (χ0n) is 14.3. The maximum Gasteiger partial charge on any atom is 0.121 e. The predicted molar refractivity (Wildman–Crippen MR) is 90.2 cm³/mol. The number of nitrogens with one attached hydrogen (secondary N) is 1. The second-order valence-electron chi connectivity index (χ2n) is 7.50. The molecule has 1 fully saturated rings. The summed E-state index contributed by atoms with van der Waals surface area (Å²) in [7, 11) is 0. The number of nitrogens with zero attached hydrogens (tertiary/aromatic N) is 1. The van der Waals surface area contributed by atoms with Crippen LogP contribution < -0.4 is 5.32 Å². The van der Waals surface area contributed by atoms with Crippen molar-refractivity contribution in [2.45, 2.75) is 39.2 Å². The highest BCUT2D eigenvalue weighted by atomic mass is 16.3. The molecule has 2 atom stereocenters. The molecule has 1 aliphatic rings. The van der Waals surface area contributed by atoms with Crippen LogP contribution in [-0.2, 0) is 5.41 Å². The lowest BCUT2D eigenvalue weighted by atomic mass is 9.84. The molecule has 0 bridgehead atoms. The molecule has 2 rings (SSSR count). The van der Waals surface area contributed by atoms with Gasteiger partial charge in [-0.3, -0.25) is 0 Å². The van der Waals surface area contributed by atoms with Gasteiger partial charge in [0.1, 0.15) is 5.75 Å². The first kappa shape index (κ1) is 17.3. The SMILES string of the molecule is CC(CN1CCNCC1)C(O)c1cc(C(C)(C)C)ccc1O. The molecule has 0 saturated carbocycles. The summed E-state index contributed by atoms with van der Waals surface area (Å²) in [6, 6.07) is 5.59. The summed E-state index contributed by atoms with van der Waals surface area (Å²) in [6.07, 6.45) is -0.641. The largest absolute Gasteiger partial charge is 0.508 e. The number of phenols is 1. The highest BCUT2D eigenvalue weighted by Crippen LogP contribution is 2.34. The van der Waals surface area contributed by atoms with Crippen molar-refractivity contribution in [3.8, 4) is 5.75 Å². The lowest BCUT2D eigenvalue weighted by Crippen LogP contribution is -2.45. The van der Waals surface area contributed by atoms with Crippen LogP contribution in [0.25, 0.3) is 0 Å². The molecule has 0 radical (unpaired) electrons. The molecule has 0 aliphatic carbocycles. The van der Waals surface area contributed by atoms with E-state index in [0.29, 0.717) is 5.56 Å². The van der Waals surface area contributed by atoms with Crippen molar-refractivity contribution in [3.05, 3.63) is 29.3 Å². The maximum atomic E-state index is 10.7. The number of benzene rings is 1. The first-order chi connectivity index (χ1) is 10.3. The van der Waals surface area contributed by atoms with Gasteiger partial charge in [-0.15, -0.1) is 0 Å². The van der Waals surface area contributed by atoms with Gasteiger partial charge in [-0.1, -0.05) is 33.8 Å². The first-order valence-electron chi connectivity index (χ1n) is 8.23. The molecule has 1 heterocycles. The fraction of sp³-hybridized carbons (Fsp3) is 0.667. The van der Waals surface area contributed by atoms with Crippen LogP contribution in [0.5, 0.6) is 5.75 Å². The van der Waals surface area contributed by atoms with Crippen LogP contribution in [0, 0.1) is 5.92 Å². The van der Waals surface area contributed by atoms with Crippen LogP contribution in [0.15, 0.2) is 18.2 Å². The second kappa shape index (κ2) is 6.99. The molecule has 1 saturated heterocycles. The van der Waals surface area contributed by atoms with Gasteiger partial charge in [0.05, 0.1) is 6.10 Å². The number of hydrogen-bond donors (Lipinski definition) is 3. The molecule has 3 N–H and O–H groups in total. The summed E-state index contributed by atoms with van der Waals surface area (Å²) >= 11 is 0. The zero-order valence-corrected chi connectivity index (χ0v) is 14.3. The lowest BCUT2D eigenvalue weighted by Gasteiger charge is -2.32. The van der Waals surface area contributed by atoms with Gasteiger partial charge in [-0.2, -0.15) is 0 Å². The highest BCUT2D eigenvalue weighted by Gasteiger charge is 2.24. The number of rotatable bonds is 4. The van der Waals surface area contributed by atoms with E-state index in [4.69, 9.17) is 0 Å². The van der Waals surface area contributed by atoms with Gasteiger partial charge < -0.3 is 20.4 Å². The van der Waals surface area contributed by atoms with E-state index in [0.717, 1.165) is 38.3 Å². The van der Waals surface area contributed by atoms with Gasteiger partial charge in [0.25, 0.3) is 0 Å². The van der Waals surface area contributed by atoms with Crippen molar-refractivity contribution >= 4 is 0 Å². The smallest absolute Gasteiger partial charge is 0.121 e. The number of aromatic hydroxyl groups is 1. The number of hydrogen-bond acceptors (Lipinski definition) is 4. The molecule has 22 heavy (non-hydrogen) atoms. The molecule has 2 unspecified atom stereocenters. The van der Waals surface area contributed by atoms with Gasteiger partial charge in [-0.25, -0.2) is 0 Å². The summed E-state index contributed by atoms with van der Waals surface area (Å²) < 4.78 is 0. The summed E-state index contributed by atoms with van der Waals surface area (Å²) in [5, 5.41) is 24.2. The number of piperazine rings is 1. The van der Waals surface area contributed by atoms with Crippen molar-refractivity contribution in [2.75, 3.05) is 32.7 Å². The molecule has 4 nitrogen and oxygen atoms in total. The van der Waals surface area contributed by atoms with Crippen LogP contribution in [0.3, 0.4) is 0 Å². The molecule has 1 aromatic rings. The molecule has 0 spiro atoms. The maximum absolute atomic E-state index is 10.7. The van der Waals surface area contributed by atoms with Gasteiger partial charge in [0.2, 0.25) is 0 Å². The predicted octanol–water partition coefficient (Wildman–Crippen LogP) is 2.26. The summed E-state index contributed by atoms with van der Waals surface area (Å²) in [4.78, 5) is 2.37. The molecule has 1 aromatic carbocycles. The Hall–Kier alpha value is -1.10. The Morgan fingerprint density at radius 1 is 1.23 bits per heavy atom. The third-order valence-electron chi connectivity index (χ3n) is 4.51. The fourth-order valence-electron chi connectivity index (χ4n) is 2.97. The van der Waals surface area contributed by atoms with Gasteiger partial charge in [0.15, 0.2) is 0 Å². The molecule has 124 valence electrons. The van der Waals surface area contributed by atoms with E-state index in [1.54, 1.807) is 6.07 Å². The average Bonchev–Trinajstić information content (AvgIpc) is 2.46. The van der Waals surface area contributed by atoms with E-state index in [2.05, 4.69) is 37.9 Å². The lowest BCUT2D eigenvalue weighted by molar-refractivity contribution is 0.0822. The molecular formula is C18H30N2O2. The van der Waals surface area contributed by atoms with Crippen molar-refractivity contribution in [3.63, 3.8) is 0 Å². The van der Waals surface area contributed by atoms with Crippen molar-refractivity contribution < 1.29 is 10.2 Å². The Morgan fingerprint density at radius 2 is 1.86 bits per heavy atom. The Bertz CT molecular complexity index is 490. The normalized spacial score (nSPS) is 19.9. The quantitative estimate of drug-likeness (QED) is 0.799. The van der Waals surface area contributed by atoms with E-state index < -0.39 is 6.10 Å². The third kappa shape index (κ3) is 4.22. The molecule has 0 aromatic heterocycles. The van der Waals surface area contributed by atoms with Crippen LogP contribution in [0.4, 0.5) is 0 Å². The topological polar surface area (TPSA) is 55.7 Å². The van der Waals surface area contributed by atoms with Gasteiger partial charge in [-0.05, 0) is 29.0 Å². The highest BCUT2D eigenvalue weighted by molar-refractivity contribution is 5.40. The first-order valence-corrected chi connectivity index (χ1v) is 8.23. The molecule has 1 aliphatic heterocycles. The second-order valence-corrected chi connectivity index (χ2v) is 7.50. The average molecular weight is 306 g/mol. The monoisotopic (exact) mass is 306 g/mol. The summed E-state index contributed by atoms with van der Waals surface area (Å²) in [5.41, 5.74) is 1.79. The van der Waals surface area contributed by atoms with Gasteiger partial charge in [0, 0.05) is 38.3 Å². The van der Waals surface area contributed by atoms with E-state index in [1.807, 2.05) is 12.1 Å². The number of aliphatic hydroxyl groups is 1. The minimum atomic E-state index is -0.641. The number of phenolic OH excluding ortho intramolecular Hbond substituents is 1. The van der Waals surface area contributed by atoms with Crippen LogP contribution in [-0.4, -0.2) is 47.8 Å². The van der Waals surface area contributed by atoms with E-state index in [9.17, 15) is 10.2 Å². The molecule has 4 heteroatoms. The van der Waals surface area contributed by atoms with E-state index in [1.165, 1.54) is 0 Å². The third-order valence-corrected chi connectivity index (χ3v) is 4.51. The van der Waals surface area contributed by atoms with Crippen LogP contribution >= 0.6 is 0 Å². The minimum absolute atomic E-state index is 0.00392. The van der Waals surface area contributed by atoms with Gasteiger partial charge >= 0.3 is 0 Å². The van der Waals surface area contributed by atoms with Crippen molar-refractivity contribution in [2.24, 2.45) is 5.92 Å². The molecular weight excluding hydrogens is 276 g/mol. The van der Waals surface area contributed by atoms with Crippen molar-refractivity contribution in [1.82, 2.24) is 10.2 Å². The van der Waals surface area contributed by atoms with Crippen LogP contribution in [0.1, 0.15) is 44.9 Å². The fourth-order valence-corrected chi connectivity index (χ4v) is 2.97. The standard InChI is InChI=1S/C18H30N2O2/c1-13(12-20-9-7-19-8-10-20)17(22)15-11-14(18(2,3)4)5-6-16(15)21/h5-6,11,13,17,19,21-22H,7-10,12H2,1-4H3. The Morgan fingerprint density at radius 3 is 2.45 bits per heavy atom. The Labute approximate surface area is 134 Å². The summed E-state index contributed by atoms with van der Waals surface area (Å²) in [6.45, 7) is 13.4. The van der Waals surface area contributed by atoms with E-state index in [-0.39, 0.29) is 17.1 Å². The Kier molecular flexibility index (Phi) is 5.48. The number of aliphatic hydroxyl groups excluding tert-OH is 1. The zero-order chi connectivity index (χ0) is 16.3. The minimum Gasteiger partial charge on any atom is -0.508 e. The Balaban J connectivity index is 2.11. The van der Waals surface area contributed by atoms with Crippen molar-refractivity contribution in [1.29, 1.82) is 0 Å². The molecule has 0 amide bonds. The van der Waals surface area contributed by atoms with E-state index >= 15 is 0 Å². The van der Waals surface area contributed by atoms with Crippen LogP contribution in [0.2, 0.25) is 0 Å². The summed E-state index contributed by atoms with van der Waals surface area (Å²) in [5.74, 6) is 0.270.